The average molecular weight is 386 g/mol. The van der Waals surface area contributed by atoms with Crippen molar-refractivity contribution in [2.24, 2.45) is 5.92 Å². The van der Waals surface area contributed by atoms with Gasteiger partial charge in [-0.3, -0.25) is 4.98 Å². The molecule has 29 heavy (non-hydrogen) atoms. The predicted molar refractivity (Wildman–Crippen MR) is 111 cm³/mol. The number of phenols is 1. The van der Waals surface area contributed by atoms with Gasteiger partial charge in [-0.1, -0.05) is 12.1 Å². The van der Waals surface area contributed by atoms with Crippen LogP contribution < -0.4 is 9.80 Å². The molecule has 0 saturated carbocycles. The molecule has 0 spiro atoms. The van der Waals surface area contributed by atoms with E-state index in [1.807, 2.05) is 24.3 Å². The minimum absolute atomic E-state index is 0.154. The molecule has 0 radical (unpaired) electrons. The highest BCUT2D eigenvalue weighted by Gasteiger charge is 2.34. The van der Waals surface area contributed by atoms with Crippen molar-refractivity contribution in [3.8, 4) is 11.8 Å². The minimum Gasteiger partial charge on any atom is -0.506 e. The van der Waals surface area contributed by atoms with Crippen LogP contribution in [0.1, 0.15) is 24.5 Å². The van der Waals surface area contributed by atoms with Crippen LogP contribution in [0.2, 0.25) is 0 Å². The maximum atomic E-state index is 10.1. The molecule has 2 saturated heterocycles. The zero-order valence-electron chi connectivity index (χ0n) is 16.1. The highest BCUT2D eigenvalue weighted by Crippen LogP contribution is 2.36. The van der Waals surface area contributed by atoms with Crippen LogP contribution in [0, 0.1) is 17.2 Å². The van der Waals surface area contributed by atoms with Gasteiger partial charge in [-0.2, -0.15) is 5.26 Å². The van der Waals surface area contributed by atoms with Crippen LogP contribution in [-0.4, -0.2) is 46.2 Å². The third-order valence-corrected chi connectivity index (χ3v) is 5.96. The molecule has 4 heterocycles. The van der Waals surface area contributed by atoms with Gasteiger partial charge in [-0.25, -0.2) is 9.97 Å². The molecule has 7 heteroatoms. The first-order valence-corrected chi connectivity index (χ1v) is 10.0. The number of piperidine rings is 1. The summed E-state index contributed by atoms with van der Waals surface area (Å²) >= 11 is 0. The summed E-state index contributed by atoms with van der Waals surface area (Å²) in [5.74, 6) is 2.49. The summed E-state index contributed by atoms with van der Waals surface area (Å²) in [6.45, 7) is 3.36. The number of hydrogen-bond donors (Lipinski definition) is 1. The molecule has 0 unspecified atom stereocenters. The van der Waals surface area contributed by atoms with Crippen LogP contribution in [0.3, 0.4) is 0 Å². The fourth-order valence-corrected chi connectivity index (χ4v) is 4.23. The molecule has 5 rings (SSSR count). The molecule has 2 aromatic heterocycles. The van der Waals surface area contributed by atoms with Gasteiger partial charge in [0.1, 0.15) is 17.1 Å². The minimum atomic E-state index is 0.154. The van der Waals surface area contributed by atoms with E-state index < -0.39 is 0 Å². The number of phenolic OH excluding ortho intramolecular Hbond substituents is 1. The second-order valence-electron chi connectivity index (χ2n) is 7.78. The summed E-state index contributed by atoms with van der Waals surface area (Å²) in [6.07, 6.45) is 5.27. The van der Waals surface area contributed by atoms with E-state index >= 15 is 0 Å². The van der Waals surface area contributed by atoms with Gasteiger partial charge in [-0.15, -0.1) is 0 Å². The first-order valence-electron chi connectivity index (χ1n) is 10.0. The largest absolute Gasteiger partial charge is 0.506 e. The number of para-hydroxylation sites is 1. The molecule has 0 atom stereocenters. The molecule has 3 aromatic rings. The van der Waals surface area contributed by atoms with Gasteiger partial charge in [0.25, 0.3) is 0 Å². The van der Waals surface area contributed by atoms with Crippen molar-refractivity contribution < 1.29 is 5.11 Å². The van der Waals surface area contributed by atoms with Crippen molar-refractivity contribution in [1.82, 2.24) is 15.0 Å². The molecule has 0 aliphatic carbocycles. The third-order valence-electron chi connectivity index (χ3n) is 5.96. The molecule has 1 aromatic carbocycles. The van der Waals surface area contributed by atoms with E-state index in [0.29, 0.717) is 11.4 Å². The molecule has 1 N–H and O–H groups in total. The number of fused-ring (bicyclic) bond motifs is 1. The van der Waals surface area contributed by atoms with Crippen LogP contribution in [0.5, 0.6) is 5.75 Å². The van der Waals surface area contributed by atoms with Crippen molar-refractivity contribution in [1.29, 1.82) is 5.26 Å². The van der Waals surface area contributed by atoms with Gasteiger partial charge < -0.3 is 14.9 Å². The number of nitriles is 1. The second-order valence-corrected chi connectivity index (χ2v) is 7.78. The lowest BCUT2D eigenvalue weighted by Gasteiger charge is -2.41. The maximum absolute atomic E-state index is 10.1. The highest BCUT2D eigenvalue weighted by atomic mass is 16.3. The topological polar surface area (TPSA) is 89.2 Å². The Morgan fingerprint density at radius 3 is 2.59 bits per heavy atom. The zero-order chi connectivity index (χ0) is 19.8. The molecule has 7 nitrogen and oxygen atoms in total. The Bertz CT molecular complexity index is 1080. The Balaban J connectivity index is 1.33. The van der Waals surface area contributed by atoms with Crippen LogP contribution in [0.25, 0.3) is 10.9 Å². The molecule has 146 valence electrons. The number of rotatable bonds is 3. The molecular formula is C22H22N6O. The van der Waals surface area contributed by atoms with Crippen molar-refractivity contribution >= 4 is 22.5 Å². The maximum Gasteiger partial charge on any atom is 0.150 e. The van der Waals surface area contributed by atoms with Gasteiger partial charge >= 0.3 is 0 Å². The second kappa shape index (κ2) is 7.21. The number of pyridine rings is 1. The number of benzene rings is 1. The smallest absolute Gasteiger partial charge is 0.150 e. The van der Waals surface area contributed by atoms with Gasteiger partial charge in [0.15, 0.2) is 5.82 Å². The van der Waals surface area contributed by atoms with E-state index in [4.69, 9.17) is 5.26 Å². The van der Waals surface area contributed by atoms with Crippen molar-refractivity contribution in [3.63, 3.8) is 0 Å². The number of aromatic nitrogens is 3. The average Bonchev–Trinajstić information content (AvgIpc) is 2.74. The first-order chi connectivity index (χ1) is 14.2. The Kier molecular flexibility index (Phi) is 4.39. The Morgan fingerprint density at radius 2 is 1.79 bits per heavy atom. The first kappa shape index (κ1) is 17.7. The lowest BCUT2D eigenvalue weighted by Crippen LogP contribution is -2.47. The molecule has 0 amide bonds. The van der Waals surface area contributed by atoms with Crippen molar-refractivity contribution in [2.45, 2.75) is 18.8 Å². The van der Waals surface area contributed by atoms with E-state index in [1.165, 1.54) is 0 Å². The van der Waals surface area contributed by atoms with Gasteiger partial charge in [0.05, 0.1) is 11.8 Å². The third kappa shape index (κ3) is 3.21. The Labute approximate surface area is 169 Å². The fourth-order valence-electron chi connectivity index (χ4n) is 4.23. The highest BCUT2D eigenvalue weighted by molar-refractivity contribution is 5.85. The normalized spacial score (nSPS) is 17.9. The molecular weight excluding hydrogens is 364 g/mol. The Morgan fingerprint density at radius 1 is 1.00 bits per heavy atom. The van der Waals surface area contributed by atoms with Crippen molar-refractivity contribution in [2.75, 3.05) is 36.0 Å². The quantitative estimate of drug-likeness (QED) is 0.740. The van der Waals surface area contributed by atoms with Crippen LogP contribution >= 0.6 is 0 Å². The molecule has 2 aliphatic rings. The SMILES string of the molecule is N#CC1CCN(c2nccnc2C2CN(c3ccc4cccc(O)c4n3)C2)CC1. The van der Waals surface area contributed by atoms with E-state index in [9.17, 15) is 5.11 Å². The van der Waals surface area contributed by atoms with E-state index in [-0.39, 0.29) is 11.7 Å². The lowest BCUT2D eigenvalue weighted by molar-refractivity contribution is 0.472. The summed E-state index contributed by atoms with van der Waals surface area (Å²) in [6, 6.07) is 11.8. The number of hydrogen-bond acceptors (Lipinski definition) is 7. The van der Waals surface area contributed by atoms with E-state index in [2.05, 4.69) is 30.8 Å². The predicted octanol–water partition coefficient (Wildman–Crippen LogP) is 3.07. The van der Waals surface area contributed by atoms with Crippen LogP contribution in [-0.2, 0) is 0 Å². The number of nitrogens with zero attached hydrogens (tertiary/aromatic N) is 6. The Hall–Kier alpha value is -3.40. The summed E-state index contributed by atoms with van der Waals surface area (Å²) in [5.41, 5.74) is 1.66. The van der Waals surface area contributed by atoms with Crippen LogP contribution in [0.15, 0.2) is 42.7 Å². The van der Waals surface area contributed by atoms with E-state index in [0.717, 1.165) is 61.7 Å². The monoisotopic (exact) mass is 386 g/mol. The molecule has 2 fully saturated rings. The fraction of sp³-hybridized carbons (Fsp3) is 0.364. The summed E-state index contributed by atoms with van der Waals surface area (Å²) in [4.78, 5) is 18.4. The van der Waals surface area contributed by atoms with Crippen molar-refractivity contribution in [3.05, 3.63) is 48.4 Å². The van der Waals surface area contributed by atoms with Gasteiger partial charge in [0, 0.05) is 55.8 Å². The summed E-state index contributed by atoms with van der Waals surface area (Å²) in [5, 5.41) is 20.2. The number of anilines is 2. The zero-order valence-corrected chi connectivity index (χ0v) is 16.1. The van der Waals surface area contributed by atoms with E-state index in [1.54, 1.807) is 18.5 Å². The van der Waals surface area contributed by atoms with Gasteiger partial charge in [-0.05, 0) is 31.0 Å². The summed E-state index contributed by atoms with van der Waals surface area (Å²) in [7, 11) is 0. The lowest BCUT2D eigenvalue weighted by atomic mass is 9.94. The molecule has 2 aliphatic heterocycles. The standard InChI is InChI=1S/C22H22N6O/c23-12-15-6-10-27(11-7-15)22-21(24-8-9-25-22)17-13-28(14-17)19-5-4-16-2-1-3-18(29)20(16)26-19/h1-5,8-9,15,17,29H,6-7,10-11,13-14H2. The number of aromatic hydroxyl groups is 1. The molecule has 0 bridgehead atoms. The van der Waals surface area contributed by atoms with Gasteiger partial charge in [0.2, 0.25) is 0 Å². The summed E-state index contributed by atoms with van der Waals surface area (Å²) < 4.78 is 0. The van der Waals surface area contributed by atoms with Crippen LogP contribution in [0.4, 0.5) is 11.6 Å².